The number of nitrogens with one attached hydrogen (secondary N) is 1. The molecule has 1 atom stereocenters. The van der Waals surface area contributed by atoms with Gasteiger partial charge in [0.25, 0.3) is 0 Å². The van der Waals surface area contributed by atoms with E-state index in [4.69, 9.17) is 0 Å². The van der Waals surface area contributed by atoms with Gasteiger partial charge in [0.05, 0.1) is 0 Å². The molecule has 0 spiro atoms. The summed E-state index contributed by atoms with van der Waals surface area (Å²) in [4.78, 5) is 0. The van der Waals surface area contributed by atoms with Crippen molar-refractivity contribution in [1.82, 2.24) is 5.09 Å². The van der Waals surface area contributed by atoms with E-state index in [1.807, 2.05) is 0 Å². The predicted octanol–water partition coefficient (Wildman–Crippen LogP) is 0.433. The summed E-state index contributed by atoms with van der Waals surface area (Å²) >= 11 is 0. The average molecular weight is 105 g/mol. The number of rotatable bonds is 3. The van der Waals surface area contributed by atoms with Crippen molar-refractivity contribution in [2.24, 2.45) is 0 Å². The van der Waals surface area contributed by atoms with Gasteiger partial charge < -0.3 is 4.57 Å². The maximum atomic E-state index is 9.61. The van der Waals surface area contributed by atoms with Crippen molar-refractivity contribution in [3.63, 3.8) is 0 Å². The molecular weight excluding hydrogens is 97.0 g/mol. The zero-order valence-electron chi connectivity index (χ0n) is 3.48. The first-order valence-corrected chi connectivity index (χ1v) is 2.74. The van der Waals surface area contributed by atoms with E-state index >= 15 is 0 Å². The van der Waals surface area contributed by atoms with E-state index in [9.17, 15) is 4.57 Å². The van der Waals surface area contributed by atoms with Crippen LogP contribution in [0.2, 0.25) is 0 Å². The van der Waals surface area contributed by atoms with Crippen LogP contribution in [-0.4, -0.2) is 6.54 Å². The van der Waals surface area contributed by atoms with Crippen LogP contribution in [0.5, 0.6) is 0 Å². The maximum Gasteiger partial charge on any atom is 0.124 e. The average Bonchev–Trinajstić information content (AvgIpc) is 1.61. The van der Waals surface area contributed by atoms with Crippen molar-refractivity contribution in [3.05, 3.63) is 12.7 Å². The lowest BCUT2D eigenvalue weighted by molar-refractivity contribution is 0.593. The molecule has 1 N–H and O–H groups in total. The molecule has 0 aliphatic heterocycles. The highest BCUT2D eigenvalue weighted by atomic mass is 31.1. The zero-order valence-corrected chi connectivity index (χ0v) is 4.63. The van der Waals surface area contributed by atoms with Crippen LogP contribution in [0.4, 0.5) is 0 Å². The molecule has 0 saturated heterocycles. The molecule has 2 nitrogen and oxygen atoms in total. The van der Waals surface area contributed by atoms with Gasteiger partial charge in [-0.3, -0.25) is 5.09 Å². The minimum absolute atomic E-state index is 0.652. The van der Waals surface area contributed by atoms with E-state index in [-0.39, 0.29) is 0 Å². The molecule has 3 heteroatoms. The molecule has 0 amide bonds. The second kappa shape index (κ2) is 4.93. The third-order valence-corrected chi connectivity index (χ3v) is 0.748. The molecule has 0 aromatic heterocycles. The second-order valence-corrected chi connectivity index (χ2v) is 1.46. The molecule has 6 heavy (non-hydrogen) atoms. The van der Waals surface area contributed by atoms with Gasteiger partial charge in [-0.05, 0) is 0 Å². The normalized spacial score (nSPS) is 10.0. The summed E-state index contributed by atoms with van der Waals surface area (Å²) in [7, 11) is -0.787. The Labute approximate surface area is 38.5 Å². The number of hydrogen-bond acceptors (Lipinski definition) is 1. The number of hydrogen-bond donors (Lipinski definition) is 1. The van der Waals surface area contributed by atoms with Crippen molar-refractivity contribution in [1.29, 1.82) is 0 Å². The minimum Gasteiger partial charge on any atom is -0.313 e. The molecule has 0 saturated carbocycles. The van der Waals surface area contributed by atoms with E-state index in [1.54, 1.807) is 6.08 Å². The minimum atomic E-state index is -0.787. The van der Waals surface area contributed by atoms with Crippen LogP contribution in [0.3, 0.4) is 0 Å². The van der Waals surface area contributed by atoms with Gasteiger partial charge in [-0.15, -0.1) is 6.58 Å². The van der Waals surface area contributed by atoms with E-state index in [0.717, 1.165) is 0 Å². The largest absolute Gasteiger partial charge is 0.313 e. The third kappa shape index (κ3) is 3.93. The van der Waals surface area contributed by atoms with Crippen molar-refractivity contribution in [3.8, 4) is 0 Å². The van der Waals surface area contributed by atoms with Crippen LogP contribution < -0.4 is 5.09 Å². The summed E-state index contributed by atoms with van der Waals surface area (Å²) in [5.74, 6) is 0. The Hall–Kier alpha value is -0.0700. The topological polar surface area (TPSA) is 29.1 Å². The van der Waals surface area contributed by atoms with Crippen LogP contribution in [0.15, 0.2) is 12.7 Å². The Bertz CT molecular complexity index is 46.8. The Morgan fingerprint density at radius 3 is 2.83 bits per heavy atom. The lowest BCUT2D eigenvalue weighted by Crippen LogP contribution is -1.94. The van der Waals surface area contributed by atoms with E-state index < -0.39 is 8.61 Å². The highest BCUT2D eigenvalue weighted by Gasteiger charge is 1.63. The summed E-state index contributed by atoms with van der Waals surface area (Å²) in [5, 5.41) is 2.61. The molecule has 0 aromatic rings. The zero-order chi connectivity index (χ0) is 4.83. The Balaban J connectivity index is 2.66. The van der Waals surface area contributed by atoms with Gasteiger partial charge in [0.1, 0.15) is 8.61 Å². The van der Waals surface area contributed by atoms with Crippen molar-refractivity contribution >= 4 is 8.61 Å². The van der Waals surface area contributed by atoms with Crippen LogP contribution in [-0.2, 0) is 4.57 Å². The van der Waals surface area contributed by atoms with Crippen LogP contribution in [0, 0.1) is 0 Å². The van der Waals surface area contributed by atoms with Gasteiger partial charge in [0, 0.05) is 6.54 Å². The first kappa shape index (κ1) is 5.93. The van der Waals surface area contributed by atoms with E-state index in [0.29, 0.717) is 6.54 Å². The first-order valence-electron chi connectivity index (χ1n) is 1.69. The summed E-state index contributed by atoms with van der Waals surface area (Å²) in [6, 6.07) is 0. The SMILES string of the molecule is C=CCN[PH2]=O. The smallest absolute Gasteiger partial charge is 0.124 e. The fraction of sp³-hybridized carbons (Fsp3) is 0.333. The Morgan fingerprint density at radius 2 is 2.67 bits per heavy atom. The molecular formula is C3H8NOP. The summed E-state index contributed by atoms with van der Waals surface area (Å²) in [6.45, 7) is 4.06. The molecule has 0 aliphatic rings. The van der Waals surface area contributed by atoms with E-state index in [2.05, 4.69) is 11.7 Å². The van der Waals surface area contributed by atoms with Crippen LogP contribution >= 0.6 is 8.61 Å². The monoisotopic (exact) mass is 105 g/mol. The van der Waals surface area contributed by atoms with Gasteiger partial charge in [-0.25, -0.2) is 0 Å². The van der Waals surface area contributed by atoms with Gasteiger partial charge in [0.15, 0.2) is 0 Å². The first-order chi connectivity index (χ1) is 2.91. The molecule has 0 bridgehead atoms. The quantitative estimate of drug-likeness (QED) is 0.320. The lowest BCUT2D eigenvalue weighted by atomic mass is 10.7. The van der Waals surface area contributed by atoms with Crippen molar-refractivity contribution in [2.45, 2.75) is 0 Å². The summed E-state index contributed by atoms with van der Waals surface area (Å²) in [5.41, 5.74) is 0. The molecule has 1 unspecified atom stereocenters. The third-order valence-electron chi connectivity index (χ3n) is 0.346. The predicted molar refractivity (Wildman–Crippen MR) is 28.6 cm³/mol. The molecule has 0 aromatic carbocycles. The standard InChI is InChI=1S/C3H8NOP/c1-2-3-4-6-5/h2H,1,3,6H2,(H,4,5). The van der Waals surface area contributed by atoms with Gasteiger partial charge in [-0.2, -0.15) is 0 Å². The van der Waals surface area contributed by atoms with Crippen molar-refractivity contribution in [2.75, 3.05) is 6.54 Å². The molecule has 0 heterocycles. The summed E-state index contributed by atoms with van der Waals surface area (Å²) in [6.07, 6.45) is 1.67. The van der Waals surface area contributed by atoms with Crippen LogP contribution in [0.1, 0.15) is 0 Å². The highest BCUT2D eigenvalue weighted by molar-refractivity contribution is 7.21. The lowest BCUT2D eigenvalue weighted by Gasteiger charge is -1.80. The fourth-order valence-electron chi connectivity index (χ4n) is 0.131. The second-order valence-electron chi connectivity index (χ2n) is 0.815. The van der Waals surface area contributed by atoms with Gasteiger partial charge >= 0.3 is 0 Å². The van der Waals surface area contributed by atoms with E-state index in [1.165, 1.54) is 0 Å². The summed E-state index contributed by atoms with van der Waals surface area (Å²) < 4.78 is 9.61. The van der Waals surface area contributed by atoms with Crippen LogP contribution in [0.25, 0.3) is 0 Å². The fourth-order valence-corrected chi connectivity index (χ4v) is 0.394. The molecule has 0 aliphatic carbocycles. The Kier molecular flexibility index (Phi) is 4.87. The Morgan fingerprint density at radius 1 is 2.00 bits per heavy atom. The molecule has 0 radical (unpaired) electrons. The molecule has 0 rings (SSSR count). The van der Waals surface area contributed by atoms with Crippen molar-refractivity contribution < 1.29 is 4.57 Å². The van der Waals surface area contributed by atoms with Gasteiger partial charge in [-0.1, -0.05) is 6.08 Å². The van der Waals surface area contributed by atoms with Gasteiger partial charge in [0.2, 0.25) is 0 Å². The maximum absolute atomic E-state index is 9.61. The molecule has 0 fully saturated rings. The molecule has 36 valence electrons. The highest BCUT2D eigenvalue weighted by Crippen LogP contribution is 1.75.